The first kappa shape index (κ1) is 13.0. The summed E-state index contributed by atoms with van der Waals surface area (Å²) >= 11 is 0. The quantitative estimate of drug-likeness (QED) is 0.628. The number of nitrogens with one attached hydrogen (secondary N) is 1. The highest BCUT2D eigenvalue weighted by Crippen LogP contribution is 2.19. The Hall–Kier alpha value is -3.66. The largest absolute Gasteiger partial charge is 0.322 e. The number of anilines is 2. The maximum atomic E-state index is 9.16. The number of pyridine rings is 1. The average Bonchev–Trinajstić information content (AvgIpc) is 3.24. The van der Waals surface area contributed by atoms with Crippen molar-refractivity contribution in [1.82, 2.24) is 24.4 Å². The van der Waals surface area contributed by atoms with Crippen LogP contribution in [0.15, 0.2) is 60.9 Å². The van der Waals surface area contributed by atoms with E-state index in [1.165, 1.54) is 0 Å². The zero-order valence-electron chi connectivity index (χ0n) is 12.0. The van der Waals surface area contributed by atoms with Gasteiger partial charge in [0.1, 0.15) is 6.07 Å². The van der Waals surface area contributed by atoms with E-state index < -0.39 is 0 Å². The standard InChI is InChI=1S/C16H11N7/c17-11-12-5-1-2-6-13(12)19-16-20-14-7-3-8-15(23(14)21-16)22-10-4-9-18-22/h1-10H,(H,19,21). The highest BCUT2D eigenvalue weighted by atomic mass is 15.4. The van der Waals surface area contributed by atoms with E-state index in [0.717, 1.165) is 5.82 Å². The second-order valence-electron chi connectivity index (χ2n) is 4.82. The summed E-state index contributed by atoms with van der Waals surface area (Å²) < 4.78 is 3.42. The molecule has 4 rings (SSSR count). The van der Waals surface area contributed by atoms with Crippen LogP contribution in [0.1, 0.15) is 5.56 Å². The van der Waals surface area contributed by atoms with Gasteiger partial charge in [0.15, 0.2) is 11.5 Å². The van der Waals surface area contributed by atoms with Gasteiger partial charge in [0.25, 0.3) is 0 Å². The monoisotopic (exact) mass is 301 g/mol. The van der Waals surface area contributed by atoms with Crippen LogP contribution >= 0.6 is 0 Å². The van der Waals surface area contributed by atoms with E-state index >= 15 is 0 Å². The molecule has 23 heavy (non-hydrogen) atoms. The Morgan fingerprint density at radius 2 is 1.96 bits per heavy atom. The molecule has 0 aliphatic rings. The molecule has 0 unspecified atom stereocenters. The summed E-state index contributed by atoms with van der Waals surface area (Å²) in [7, 11) is 0. The molecule has 4 aromatic rings. The molecule has 0 saturated carbocycles. The second kappa shape index (κ2) is 5.27. The first-order valence-corrected chi connectivity index (χ1v) is 6.97. The van der Waals surface area contributed by atoms with Crippen LogP contribution in [0.25, 0.3) is 11.5 Å². The van der Waals surface area contributed by atoms with Crippen molar-refractivity contribution in [1.29, 1.82) is 5.26 Å². The van der Waals surface area contributed by atoms with Gasteiger partial charge in [-0.1, -0.05) is 18.2 Å². The summed E-state index contributed by atoms with van der Waals surface area (Å²) in [5, 5.41) is 20.9. The first-order valence-electron chi connectivity index (χ1n) is 6.97. The molecule has 0 aliphatic carbocycles. The molecule has 0 saturated heterocycles. The van der Waals surface area contributed by atoms with Crippen molar-refractivity contribution < 1.29 is 0 Å². The number of rotatable bonds is 3. The maximum Gasteiger partial charge on any atom is 0.247 e. The van der Waals surface area contributed by atoms with Crippen LogP contribution < -0.4 is 5.32 Å². The molecule has 3 aromatic heterocycles. The number of aromatic nitrogens is 5. The fourth-order valence-corrected chi connectivity index (χ4v) is 2.33. The fraction of sp³-hybridized carbons (Fsp3) is 0. The second-order valence-corrected chi connectivity index (χ2v) is 4.82. The molecule has 110 valence electrons. The highest BCUT2D eigenvalue weighted by Gasteiger charge is 2.10. The normalized spacial score (nSPS) is 10.6. The summed E-state index contributed by atoms with van der Waals surface area (Å²) in [5.74, 6) is 1.20. The molecular weight excluding hydrogens is 290 g/mol. The van der Waals surface area contributed by atoms with Gasteiger partial charge >= 0.3 is 0 Å². The van der Waals surface area contributed by atoms with Crippen molar-refractivity contribution in [3.8, 4) is 11.9 Å². The third kappa shape index (κ3) is 2.28. The minimum absolute atomic E-state index is 0.423. The Labute approximate surface area is 131 Å². The number of nitrogens with zero attached hydrogens (tertiary/aromatic N) is 6. The van der Waals surface area contributed by atoms with Gasteiger partial charge in [-0.3, -0.25) is 0 Å². The van der Waals surface area contributed by atoms with E-state index in [4.69, 9.17) is 5.26 Å². The van der Waals surface area contributed by atoms with Crippen LogP contribution in [0.3, 0.4) is 0 Å². The third-order valence-corrected chi connectivity index (χ3v) is 3.37. The van der Waals surface area contributed by atoms with Gasteiger partial charge < -0.3 is 5.32 Å². The molecule has 0 atom stereocenters. The van der Waals surface area contributed by atoms with E-state index in [1.54, 1.807) is 21.5 Å². The number of fused-ring (bicyclic) bond motifs is 1. The Balaban J connectivity index is 1.78. The number of hydrogen-bond acceptors (Lipinski definition) is 5. The zero-order chi connectivity index (χ0) is 15.6. The zero-order valence-corrected chi connectivity index (χ0v) is 12.0. The van der Waals surface area contributed by atoms with Gasteiger partial charge in [-0.25, -0.2) is 4.68 Å². The number of nitriles is 1. The smallest absolute Gasteiger partial charge is 0.247 e. The van der Waals surface area contributed by atoms with Crippen LogP contribution in [-0.2, 0) is 0 Å². The molecule has 1 N–H and O–H groups in total. The van der Waals surface area contributed by atoms with E-state index in [1.807, 2.05) is 48.7 Å². The lowest BCUT2D eigenvalue weighted by Gasteiger charge is -2.03. The predicted octanol–water partition coefficient (Wildman–Crippen LogP) is 2.53. The molecule has 0 fully saturated rings. The van der Waals surface area contributed by atoms with Crippen molar-refractivity contribution in [3.05, 3.63) is 66.5 Å². The number of hydrogen-bond donors (Lipinski definition) is 1. The summed E-state index contributed by atoms with van der Waals surface area (Å²) in [5.41, 5.74) is 1.90. The molecule has 3 heterocycles. The summed E-state index contributed by atoms with van der Waals surface area (Å²) in [6.45, 7) is 0. The lowest BCUT2D eigenvalue weighted by Crippen LogP contribution is -2.03. The number of benzene rings is 1. The Kier molecular flexibility index (Phi) is 2.99. The lowest BCUT2D eigenvalue weighted by molar-refractivity contribution is 0.790. The van der Waals surface area contributed by atoms with Crippen LogP contribution in [-0.4, -0.2) is 24.4 Å². The van der Waals surface area contributed by atoms with Crippen LogP contribution in [0.4, 0.5) is 11.6 Å². The van der Waals surface area contributed by atoms with E-state index in [-0.39, 0.29) is 0 Å². The van der Waals surface area contributed by atoms with Gasteiger partial charge in [-0.05, 0) is 30.3 Å². The topological polar surface area (TPSA) is 83.8 Å². The molecule has 0 amide bonds. The Bertz CT molecular complexity index is 1010. The molecule has 0 bridgehead atoms. The fourth-order valence-electron chi connectivity index (χ4n) is 2.33. The molecule has 0 spiro atoms. The van der Waals surface area contributed by atoms with Crippen molar-refractivity contribution in [2.75, 3.05) is 5.32 Å². The van der Waals surface area contributed by atoms with Crippen molar-refractivity contribution >= 4 is 17.3 Å². The van der Waals surface area contributed by atoms with E-state index in [2.05, 4.69) is 26.6 Å². The van der Waals surface area contributed by atoms with Crippen molar-refractivity contribution in [3.63, 3.8) is 0 Å². The van der Waals surface area contributed by atoms with Crippen molar-refractivity contribution in [2.24, 2.45) is 0 Å². The van der Waals surface area contributed by atoms with Crippen LogP contribution in [0.5, 0.6) is 0 Å². The molecule has 0 aliphatic heterocycles. The third-order valence-electron chi connectivity index (χ3n) is 3.37. The molecule has 7 nitrogen and oxygen atoms in total. The minimum Gasteiger partial charge on any atom is -0.322 e. The molecular formula is C16H11N7. The predicted molar refractivity (Wildman–Crippen MR) is 84.5 cm³/mol. The highest BCUT2D eigenvalue weighted by molar-refractivity contribution is 5.64. The SMILES string of the molecule is N#Cc1ccccc1Nc1nc2cccc(-n3cccn3)n2n1. The average molecular weight is 301 g/mol. The summed E-state index contributed by atoms with van der Waals surface area (Å²) in [6.07, 6.45) is 3.55. The summed E-state index contributed by atoms with van der Waals surface area (Å²) in [4.78, 5) is 4.44. The summed E-state index contributed by atoms with van der Waals surface area (Å²) in [6, 6.07) is 16.9. The van der Waals surface area contributed by atoms with Gasteiger partial charge in [-0.15, -0.1) is 5.10 Å². The van der Waals surface area contributed by atoms with Gasteiger partial charge in [0.2, 0.25) is 5.95 Å². The minimum atomic E-state index is 0.423. The number of para-hydroxylation sites is 1. The van der Waals surface area contributed by atoms with E-state index in [9.17, 15) is 0 Å². The van der Waals surface area contributed by atoms with Gasteiger partial charge in [0, 0.05) is 12.4 Å². The van der Waals surface area contributed by atoms with E-state index in [0.29, 0.717) is 22.8 Å². The first-order chi connectivity index (χ1) is 11.3. The Morgan fingerprint density at radius 1 is 1.04 bits per heavy atom. The molecule has 1 aromatic carbocycles. The van der Waals surface area contributed by atoms with Gasteiger partial charge in [0.05, 0.1) is 11.3 Å². The lowest BCUT2D eigenvalue weighted by atomic mass is 10.2. The molecule has 0 radical (unpaired) electrons. The van der Waals surface area contributed by atoms with Gasteiger partial charge in [-0.2, -0.15) is 19.9 Å². The van der Waals surface area contributed by atoms with Crippen LogP contribution in [0.2, 0.25) is 0 Å². The Morgan fingerprint density at radius 3 is 2.78 bits per heavy atom. The van der Waals surface area contributed by atoms with Crippen molar-refractivity contribution in [2.45, 2.75) is 0 Å². The maximum absolute atomic E-state index is 9.16. The molecule has 7 heteroatoms. The van der Waals surface area contributed by atoms with Crippen LogP contribution in [0, 0.1) is 11.3 Å².